The summed E-state index contributed by atoms with van der Waals surface area (Å²) < 4.78 is 16.9. The fourth-order valence-corrected chi connectivity index (χ4v) is 2.28. The molecule has 0 unspecified atom stereocenters. The highest BCUT2D eigenvalue weighted by Crippen LogP contribution is 2.37. The van der Waals surface area contributed by atoms with Crippen LogP contribution in [0.2, 0.25) is 0 Å². The summed E-state index contributed by atoms with van der Waals surface area (Å²) in [6, 6.07) is 4.62. The second-order valence-corrected chi connectivity index (χ2v) is 6.47. The van der Waals surface area contributed by atoms with Crippen LogP contribution in [0.15, 0.2) is 18.2 Å². The maximum Gasteiger partial charge on any atom is 0.495 e. The van der Waals surface area contributed by atoms with Gasteiger partial charge >= 0.3 is 13.1 Å². The molecule has 23 heavy (non-hydrogen) atoms. The van der Waals surface area contributed by atoms with E-state index in [0.717, 1.165) is 0 Å². The molecule has 1 aliphatic rings. The van der Waals surface area contributed by atoms with Crippen LogP contribution in [0, 0.1) is 10.1 Å². The Morgan fingerprint density at radius 3 is 2.30 bits per heavy atom. The van der Waals surface area contributed by atoms with Gasteiger partial charge in [-0.15, -0.1) is 0 Å². The molecule has 124 valence electrons. The first-order valence-electron chi connectivity index (χ1n) is 7.30. The fraction of sp³-hybridized carbons (Fsp3) is 0.533. The number of esters is 1. The van der Waals surface area contributed by atoms with Crippen LogP contribution in [0.5, 0.6) is 0 Å². The summed E-state index contributed by atoms with van der Waals surface area (Å²) in [6.07, 6.45) is 0. The molecular formula is C15H20BNO6. The summed E-state index contributed by atoms with van der Waals surface area (Å²) >= 11 is 0. The molecule has 1 heterocycles. The predicted molar refractivity (Wildman–Crippen MR) is 84.3 cm³/mol. The second-order valence-electron chi connectivity index (χ2n) is 6.47. The molecule has 0 atom stereocenters. The van der Waals surface area contributed by atoms with Crippen LogP contribution in [0.3, 0.4) is 0 Å². The molecule has 0 aromatic heterocycles. The summed E-state index contributed by atoms with van der Waals surface area (Å²) in [7, 11) is -0.759. The van der Waals surface area contributed by atoms with E-state index in [1.807, 2.05) is 27.7 Å². The molecule has 0 saturated carbocycles. The lowest BCUT2D eigenvalue weighted by Gasteiger charge is -2.32. The minimum absolute atomic E-state index is 0.126. The highest BCUT2D eigenvalue weighted by Gasteiger charge is 2.52. The van der Waals surface area contributed by atoms with Gasteiger partial charge in [-0.1, -0.05) is 12.1 Å². The fourth-order valence-electron chi connectivity index (χ4n) is 2.28. The molecule has 0 N–H and O–H groups in total. The third kappa shape index (κ3) is 3.38. The van der Waals surface area contributed by atoms with Crippen molar-refractivity contribution in [3.05, 3.63) is 33.9 Å². The van der Waals surface area contributed by atoms with Gasteiger partial charge in [0.15, 0.2) is 0 Å². The minimum Gasteiger partial charge on any atom is -0.461 e. The molecule has 0 bridgehead atoms. The van der Waals surface area contributed by atoms with Crippen molar-refractivity contribution in [2.45, 2.75) is 52.4 Å². The largest absolute Gasteiger partial charge is 0.495 e. The number of ether oxygens (including phenoxy) is 1. The summed E-state index contributed by atoms with van der Waals surface area (Å²) in [5.41, 5.74) is -0.481. The Kier molecular flexibility index (Phi) is 4.50. The van der Waals surface area contributed by atoms with Crippen molar-refractivity contribution < 1.29 is 23.8 Å². The molecule has 0 radical (unpaired) electrons. The monoisotopic (exact) mass is 321 g/mol. The zero-order valence-corrected chi connectivity index (χ0v) is 13.9. The van der Waals surface area contributed by atoms with Gasteiger partial charge < -0.3 is 14.0 Å². The van der Waals surface area contributed by atoms with E-state index in [2.05, 4.69) is 0 Å². The van der Waals surface area contributed by atoms with Gasteiger partial charge in [0.05, 0.1) is 21.7 Å². The molecule has 2 rings (SSSR count). The molecule has 7 nitrogen and oxygen atoms in total. The summed E-state index contributed by atoms with van der Waals surface area (Å²) in [5.74, 6) is -0.511. The predicted octanol–water partition coefficient (Wildman–Crippen LogP) is 1.96. The molecule has 1 aliphatic heterocycles. The lowest BCUT2D eigenvalue weighted by molar-refractivity contribution is -0.385. The Labute approximate surface area is 135 Å². The van der Waals surface area contributed by atoms with Gasteiger partial charge in [0.25, 0.3) is 5.69 Å². The molecule has 8 heteroatoms. The number of hydrogen-bond donors (Lipinski definition) is 0. The summed E-state index contributed by atoms with van der Waals surface area (Å²) in [4.78, 5) is 21.8. The van der Waals surface area contributed by atoms with Crippen LogP contribution >= 0.6 is 0 Å². The zero-order valence-electron chi connectivity index (χ0n) is 13.9. The number of nitro benzene ring substituents is 1. The Bertz CT molecular complexity index is 627. The maximum atomic E-state index is 11.3. The lowest BCUT2D eigenvalue weighted by Crippen LogP contribution is -2.41. The number of carbonyl (C=O) groups excluding carboxylic acids is 1. The normalized spacial score (nSPS) is 18.7. The highest BCUT2D eigenvalue weighted by atomic mass is 16.7. The van der Waals surface area contributed by atoms with Crippen LogP contribution in [0.4, 0.5) is 5.69 Å². The Morgan fingerprint density at radius 2 is 1.83 bits per heavy atom. The van der Waals surface area contributed by atoms with E-state index in [1.54, 1.807) is 12.1 Å². The first kappa shape index (κ1) is 17.4. The van der Waals surface area contributed by atoms with E-state index >= 15 is 0 Å². The van der Waals surface area contributed by atoms with Crippen LogP contribution in [-0.2, 0) is 25.4 Å². The van der Waals surface area contributed by atoms with Gasteiger partial charge in [-0.3, -0.25) is 14.9 Å². The smallest absolute Gasteiger partial charge is 0.461 e. The first-order chi connectivity index (χ1) is 10.5. The minimum atomic E-state index is -0.759. The second kappa shape index (κ2) is 5.94. The third-order valence-corrected chi connectivity index (χ3v) is 4.31. The van der Waals surface area contributed by atoms with E-state index in [-0.39, 0.29) is 17.9 Å². The zero-order chi connectivity index (χ0) is 17.4. The van der Waals surface area contributed by atoms with Gasteiger partial charge in [-0.05, 0) is 33.2 Å². The Hall–Kier alpha value is -1.93. The Balaban J connectivity index is 2.44. The van der Waals surface area contributed by atoms with Crippen LogP contribution in [0.25, 0.3) is 0 Å². The van der Waals surface area contributed by atoms with Gasteiger partial charge in [-0.25, -0.2) is 0 Å². The quantitative estimate of drug-likeness (QED) is 0.364. The van der Waals surface area contributed by atoms with E-state index < -0.39 is 29.2 Å². The molecule has 1 saturated heterocycles. The van der Waals surface area contributed by atoms with E-state index in [4.69, 9.17) is 14.0 Å². The van der Waals surface area contributed by atoms with Gasteiger partial charge in [0.2, 0.25) is 0 Å². The molecule has 0 aliphatic carbocycles. The van der Waals surface area contributed by atoms with Crippen LogP contribution in [-0.4, -0.2) is 29.2 Å². The average Bonchev–Trinajstić information content (AvgIpc) is 2.64. The molecule has 0 amide bonds. The van der Waals surface area contributed by atoms with Crippen LogP contribution in [0.1, 0.15) is 40.2 Å². The highest BCUT2D eigenvalue weighted by molar-refractivity contribution is 6.62. The van der Waals surface area contributed by atoms with Crippen molar-refractivity contribution in [1.82, 2.24) is 0 Å². The number of hydrogen-bond acceptors (Lipinski definition) is 6. The molecule has 1 aromatic rings. The third-order valence-electron chi connectivity index (χ3n) is 4.31. The van der Waals surface area contributed by atoms with Crippen molar-refractivity contribution >= 4 is 24.2 Å². The first-order valence-corrected chi connectivity index (χ1v) is 7.30. The Morgan fingerprint density at radius 1 is 1.26 bits per heavy atom. The molecule has 1 aromatic carbocycles. The van der Waals surface area contributed by atoms with E-state index in [9.17, 15) is 14.9 Å². The van der Waals surface area contributed by atoms with E-state index in [1.165, 1.54) is 13.0 Å². The number of nitro groups is 1. The van der Waals surface area contributed by atoms with Gasteiger partial charge in [0.1, 0.15) is 6.61 Å². The topological polar surface area (TPSA) is 87.9 Å². The SMILES string of the molecule is CC(=O)OCc1c(B2OC(C)(C)C(C)(C)O2)cccc1[N+](=O)[O-]. The standard InChI is InChI=1S/C15H20BNO6/c1-10(18)21-9-11-12(7-6-8-13(11)17(19)20)16-22-14(2,3)15(4,5)23-16/h6-8H,9H2,1-5H3. The van der Waals surface area contributed by atoms with Crippen molar-refractivity contribution in [3.63, 3.8) is 0 Å². The summed E-state index contributed by atoms with van der Waals surface area (Å²) in [6.45, 7) is 8.65. The number of rotatable bonds is 4. The number of carbonyl (C=O) groups is 1. The van der Waals surface area contributed by atoms with Crippen molar-refractivity contribution in [2.24, 2.45) is 0 Å². The van der Waals surface area contributed by atoms with Gasteiger partial charge in [-0.2, -0.15) is 0 Å². The summed E-state index contributed by atoms with van der Waals surface area (Å²) in [5, 5.41) is 11.3. The average molecular weight is 321 g/mol. The van der Waals surface area contributed by atoms with Crippen molar-refractivity contribution in [3.8, 4) is 0 Å². The van der Waals surface area contributed by atoms with Crippen molar-refractivity contribution in [2.75, 3.05) is 0 Å². The number of benzene rings is 1. The molecule has 1 fully saturated rings. The lowest BCUT2D eigenvalue weighted by atomic mass is 9.75. The molecular weight excluding hydrogens is 301 g/mol. The maximum absolute atomic E-state index is 11.3. The van der Waals surface area contributed by atoms with E-state index in [0.29, 0.717) is 5.46 Å². The number of nitrogens with zero attached hydrogens (tertiary/aromatic N) is 1. The van der Waals surface area contributed by atoms with Crippen LogP contribution < -0.4 is 5.46 Å². The van der Waals surface area contributed by atoms with Crippen molar-refractivity contribution in [1.29, 1.82) is 0 Å². The molecule has 0 spiro atoms. The van der Waals surface area contributed by atoms with Gasteiger partial charge in [0, 0.05) is 13.0 Å².